The third-order valence-corrected chi connectivity index (χ3v) is 4.07. The van der Waals surface area contributed by atoms with Crippen LogP contribution in [0.25, 0.3) is 0 Å². The second kappa shape index (κ2) is 6.41. The van der Waals surface area contributed by atoms with Gasteiger partial charge in [0, 0.05) is 17.8 Å². The molecule has 0 bridgehead atoms. The van der Waals surface area contributed by atoms with Gasteiger partial charge >= 0.3 is 0 Å². The molecule has 2 aromatic carbocycles. The SMILES string of the molecule is CC(Cc1ccccc1)=NNS(=O)(=O)c1ccc(N)cc1. The molecule has 0 aliphatic carbocycles. The standard InChI is InChI=1S/C15H17N3O2S/c1-12(11-13-5-3-2-4-6-13)17-18-21(19,20)15-9-7-14(16)8-10-15/h2-10,18H,11,16H2,1H3. The van der Waals surface area contributed by atoms with Crippen LogP contribution in [0.3, 0.4) is 0 Å². The van der Waals surface area contributed by atoms with Crippen LogP contribution in [-0.2, 0) is 16.4 Å². The van der Waals surface area contributed by atoms with Gasteiger partial charge in [0.15, 0.2) is 0 Å². The normalized spacial score (nSPS) is 12.1. The molecule has 21 heavy (non-hydrogen) atoms. The molecule has 5 nitrogen and oxygen atoms in total. The molecule has 0 unspecified atom stereocenters. The summed E-state index contributed by atoms with van der Waals surface area (Å²) < 4.78 is 24.1. The van der Waals surface area contributed by atoms with Crippen molar-refractivity contribution in [2.75, 3.05) is 5.73 Å². The van der Waals surface area contributed by atoms with Crippen molar-refractivity contribution in [3.8, 4) is 0 Å². The predicted octanol–water partition coefficient (Wildman–Crippen LogP) is 2.17. The molecule has 0 heterocycles. The number of anilines is 1. The summed E-state index contributed by atoms with van der Waals surface area (Å²) in [6.45, 7) is 1.78. The Morgan fingerprint density at radius 1 is 1.10 bits per heavy atom. The number of nitrogens with one attached hydrogen (secondary N) is 1. The first-order valence-corrected chi connectivity index (χ1v) is 7.90. The van der Waals surface area contributed by atoms with Gasteiger partial charge in [-0.1, -0.05) is 30.3 Å². The van der Waals surface area contributed by atoms with E-state index in [0.717, 1.165) is 5.56 Å². The lowest BCUT2D eigenvalue weighted by molar-refractivity contribution is 0.584. The van der Waals surface area contributed by atoms with Crippen LogP contribution in [-0.4, -0.2) is 14.1 Å². The van der Waals surface area contributed by atoms with E-state index in [2.05, 4.69) is 9.93 Å². The van der Waals surface area contributed by atoms with E-state index in [1.807, 2.05) is 30.3 Å². The van der Waals surface area contributed by atoms with E-state index < -0.39 is 10.0 Å². The van der Waals surface area contributed by atoms with Crippen LogP contribution in [0.2, 0.25) is 0 Å². The number of nitrogen functional groups attached to an aromatic ring is 1. The summed E-state index contributed by atoms with van der Waals surface area (Å²) in [5.74, 6) is 0. The number of hydrogen-bond acceptors (Lipinski definition) is 4. The second-order valence-electron chi connectivity index (χ2n) is 4.67. The van der Waals surface area contributed by atoms with Crippen molar-refractivity contribution in [3.05, 3.63) is 60.2 Å². The van der Waals surface area contributed by atoms with Gasteiger partial charge in [0.2, 0.25) is 0 Å². The number of nitrogens with zero attached hydrogens (tertiary/aromatic N) is 1. The van der Waals surface area contributed by atoms with Crippen LogP contribution >= 0.6 is 0 Å². The van der Waals surface area contributed by atoms with E-state index >= 15 is 0 Å². The van der Waals surface area contributed by atoms with Crippen LogP contribution in [0.15, 0.2) is 64.6 Å². The average molecular weight is 303 g/mol. The molecule has 0 aliphatic heterocycles. The van der Waals surface area contributed by atoms with Crippen LogP contribution in [0.1, 0.15) is 12.5 Å². The Kier molecular flexibility index (Phi) is 4.59. The Morgan fingerprint density at radius 2 is 1.71 bits per heavy atom. The molecule has 0 saturated heterocycles. The van der Waals surface area contributed by atoms with Crippen LogP contribution < -0.4 is 10.6 Å². The maximum Gasteiger partial charge on any atom is 0.276 e. The van der Waals surface area contributed by atoms with E-state index in [4.69, 9.17) is 5.73 Å². The largest absolute Gasteiger partial charge is 0.399 e. The van der Waals surface area contributed by atoms with Crippen molar-refractivity contribution in [2.45, 2.75) is 18.2 Å². The molecule has 3 N–H and O–H groups in total. The molecular formula is C15H17N3O2S. The fraction of sp³-hybridized carbons (Fsp3) is 0.133. The molecule has 2 aromatic rings. The van der Waals surface area contributed by atoms with E-state index in [9.17, 15) is 8.42 Å². The molecule has 0 radical (unpaired) electrons. The number of hydrazone groups is 1. The molecule has 110 valence electrons. The minimum absolute atomic E-state index is 0.132. The number of rotatable bonds is 5. The lowest BCUT2D eigenvalue weighted by atomic mass is 10.1. The van der Waals surface area contributed by atoms with Gasteiger partial charge in [0.1, 0.15) is 0 Å². The third-order valence-electron chi connectivity index (χ3n) is 2.85. The smallest absolute Gasteiger partial charge is 0.276 e. The van der Waals surface area contributed by atoms with Crippen molar-refractivity contribution >= 4 is 21.4 Å². The Hall–Kier alpha value is -2.34. The van der Waals surface area contributed by atoms with Gasteiger partial charge in [-0.05, 0) is 36.8 Å². The minimum atomic E-state index is -3.66. The van der Waals surface area contributed by atoms with Crippen LogP contribution in [0.4, 0.5) is 5.69 Å². The van der Waals surface area contributed by atoms with Crippen LogP contribution in [0, 0.1) is 0 Å². The number of hydrogen-bond donors (Lipinski definition) is 2. The van der Waals surface area contributed by atoms with Crippen molar-refractivity contribution < 1.29 is 8.42 Å². The zero-order chi connectivity index (χ0) is 15.3. The van der Waals surface area contributed by atoms with E-state index in [1.165, 1.54) is 24.3 Å². The molecule has 0 fully saturated rings. The second-order valence-corrected chi connectivity index (χ2v) is 6.33. The zero-order valence-electron chi connectivity index (χ0n) is 11.7. The topological polar surface area (TPSA) is 84.5 Å². The summed E-state index contributed by atoms with van der Waals surface area (Å²) in [6, 6.07) is 15.7. The summed E-state index contributed by atoms with van der Waals surface area (Å²) in [5.41, 5.74) is 7.80. The maximum atomic E-state index is 12.0. The zero-order valence-corrected chi connectivity index (χ0v) is 12.5. The Balaban J connectivity index is 2.06. The summed E-state index contributed by atoms with van der Waals surface area (Å²) in [5, 5.41) is 3.94. The molecule has 0 aromatic heterocycles. The van der Waals surface area contributed by atoms with Gasteiger partial charge in [-0.15, -0.1) is 0 Å². The first-order chi connectivity index (χ1) is 9.97. The molecule has 6 heteroatoms. The first kappa shape index (κ1) is 15.1. The van der Waals surface area contributed by atoms with Gasteiger partial charge in [-0.25, -0.2) is 4.83 Å². The van der Waals surface area contributed by atoms with Gasteiger partial charge in [-0.3, -0.25) is 0 Å². The molecule has 0 aliphatic rings. The molecule has 0 spiro atoms. The molecule has 0 atom stereocenters. The predicted molar refractivity (Wildman–Crippen MR) is 84.4 cm³/mol. The fourth-order valence-corrected chi connectivity index (χ4v) is 2.64. The lowest BCUT2D eigenvalue weighted by Gasteiger charge is -2.05. The van der Waals surface area contributed by atoms with E-state index in [-0.39, 0.29) is 4.90 Å². The van der Waals surface area contributed by atoms with Crippen LogP contribution in [0.5, 0.6) is 0 Å². The summed E-state index contributed by atoms with van der Waals surface area (Å²) in [7, 11) is -3.66. The lowest BCUT2D eigenvalue weighted by Crippen LogP contribution is -2.20. The Morgan fingerprint density at radius 3 is 2.33 bits per heavy atom. The average Bonchev–Trinajstić information content (AvgIpc) is 2.47. The van der Waals surface area contributed by atoms with E-state index in [1.54, 1.807) is 6.92 Å². The maximum absolute atomic E-state index is 12.0. The molecular weight excluding hydrogens is 286 g/mol. The van der Waals surface area contributed by atoms with Gasteiger partial charge in [0.25, 0.3) is 10.0 Å². The molecule has 2 rings (SSSR count). The van der Waals surface area contributed by atoms with Crippen molar-refractivity contribution in [2.24, 2.45) is 5.10 Å². The van der Waals surface area contributed by atoms with Crippen molar-refractivity contribution in [1.29, 1.82) is 0 Å². The summed E-state index contributed by atoms with van der Waals surface area (Å²) in [6.07, 6.45) is 0.588. The Bertz CT molecular complexity index is 723. The number of benzene rings is 2. The molecule has 0 saturated carbocycles. The highest BCUT2D eigenvalue weighted by atomic mass is 32.2. The monoisotopic (exact) mass is 303 g/mol. The molecule has 0 amide bonds. The first-order valence-electron chi connectivity index (χ1n) is 6.42. The number of nitrogens with two attached hydrogens (primary N) is 1. The minimum Gasteiger partial charge on any atom is -0.399 e. The van der Waals surface area contributed by atoms with E-state index in [0.29, 0.717) is 17.8 Å². The van der Waals surface area contributed by atoms with Crippen molar-refractivity contribution in [3.63, 3.8) is 0 Å². The van der Waals surface area contributed by atoms with Gasteiger partial charge in [-0.2, -0.15) is 13.5 Å². The van der Waals surface area contributed by atoms with Crippen molar-refractivity contribution in [1.82, 2.24) is 4.83 Å². The highest BCUT2D eigenvalue weighted by Gasteiger charge is 2.12. The summed E-state index contributed by atoms with van der Waals surface area (Å²) in [4.78, 5) is 2.37. The van der Waals surface area contributed by atoms with Gasteiger partial charge < -0.3 is 5.73 Å². The highest BCUT2D eigenvalue weighted by molar-refractivity contribution is 7.89. The summed E-state index contributed by atoms with van der Waals surface area (Å²) >= 11 is 0. The number of sulfonamides is 1. The van der Waals surface area contributed by atoms with Gasteiger partial charge in [0.05, 0.1) is 4.90 Å². The fourth-order valence-electron chi connectivity index (χ4n) is 1.77. The highest BCUT2D eigenvalue weighted by Crippen LogP contribution is 2.11. The third kappa shape index (κ3) is 4.32. The Labute approximate surface area is 124 Å². The quantitative estimate of drug-likeness (QED) is 0.504.